The van der Waals surface area contributed by atoms with Gasteiger partial charge in [0.15, 0.2) is 9.84 Å². The van der Waals surface area contributed by atoms with E-state index >= 15 is 4.39 Å². The van der Waals surface area contributed by atoms with Crippen molar-refractivity contribution in [1.82, 2.24) is 9.47 Å². The van der Waals surface area contributed by atoms with E-state index in [2.05, 4.69) is 20.0 Å². The van der Waals surface area contributed by atoms with Gasteiger partial charge >= 0.3 is 7.75 Å². The van der Waals surface area contributed by atoms with Crippen LogP contribution in [0.4, 0.5) is 38.5 Å². The maximum atomic E-state index is 15.9. The summed E-state index contributed by atoms with van der Waals surface area (Å²) in [5.41, 5.74) is 4.68. The molecule has 15 nitrogen and oxygen atoms in total. The van der Waals surface area contributed by atoms with Crippen molar-refractivity contribution in [2.24, 2.45) is 5.92 Å². The fourth-order valence-electron chi connectivity index (χ4n) is 10.3. The minimum Gasteiger partial charge on any atom is -0.396 e. The smallest absolute Gasteiger partial charge is 0.396 e. The Morgan fingerprint density at radius 1 is 0.893 bits per heavy atom. The van der Waals surface area contributed by atoms with E-state index in [0.29, 0.717) is 77.5 Å². The molecule has 2 fully saturated rings. The number of aliphatic hydroxyl groups excluding tert-OH is 1. The molecule has 2 atom stereocenters. The number of thioether (sulfide) groups is 1. The Hall–Kier alpha value is -5.43. The number of piperidine rings is 1. The van der Waals surface area contributed by atoms with Gasteiger partial charge in [0.05, 0.1) is 33.5 Å². The molecule has 6 aromatic rings. The highest BCUT2D eigenvalue weighted by Crippen LogP contribution is 2.55. The molecule has 1 aromatic heterocycles. The lowest BCUT2D eigenvalue weighted by molar-refractivity contribution is -0.383. The number of nitrogens with zero attached hydrogens (tertiary/aromatic N) is 6. The lowest BCUT2D eigenvalue weighted by Gasteiger charge is -2.38. The van der Waals surface area contributed by atoms with Crippen LogP contribution in [0.1, 0.15) is 51.8 Å². The zero-order valence-electron chi connectivity index (χ0n) is 42.9. The maximum absolute atomic E-state index is 15.9. The molecule has 0 spiro atoms. The molecule has 2 saturated heterocycles. The number of hydrogen-bond acceptors (Lipinski definition) is 12. The van der Waals surface area contributed by atoms with Crippen molar-refractivity contribution in [2.45, 2.75) is 68.8 Å². The Balaban J connectivity index is 1.02. The van der Waals surface area contributed by atoms with Crippen LogP contribution in [-0.4, -0.2) is 110 Å². The summed E-state index contributed by atoms with van der Waals surface area (Å²) in [5.74, 6) is 0.445. The van der Waals surface area contributed by atoms with Crippen LogP contribution in [0.2, 0.25) is 5.02 Å². The predicted octanol–water partition coefficient (Wildman–Crippen LogP) is 12.1. The van der Waals surface area contributed by atoms with Crippen molar-refractivity contribution in [1.29, 1.82) is 0 Å². The van der Waals surface area contributed by atoms with Gasteiger partial charge in [0, 0.05) is 102 Å². The van der Waals surface area contributed by atoms with Gasteiger partial charge in [0.2, 0.25) is 0 Å². The minimum atomic E-state index is -4.60. The highest BCUT2D eigenvalue weighted by Gasteiger charge is 2.35. The number of sulfone groups is 1. The summed E-state index contributed by atoms with van der Waals surface area (Å²) in [6.45, 7) is 12.1. The van der Waals surface area contributed by atoms with E-state index in [4.69, 9.17) is 16.1 Å². The second-order valence-corrected chi connectivity index (χ2v) is 24.6. The Morgan fingerprint density at radius 3 is 2.13 bits per heavy atom. The van der Waals surface area contributed by atoms with Gasteiger partial charge in [-0.05, 0) is 156 Å². The van der Waals surface area contributed by atoms with Crippen LogP contribution in [-0.2, 0) is 18.9 Å². The number of halogens is 2. The molecule has 0 bridgehead atoms. The standard InChI is InChI=1S/C55H66ClFN7O8PS2/c1-6-72-73(68,69)63(48-20-21-51(52(35-48)64(66)67)58-45(37-74-50-10-8-7-9-11-50)24-27-59-25-22-40(36-65)23-26-59)47-18-16-46(17-19-47)60-28-30-61(31-29-60)49-33-42(32-44(57)34-49)53-54(41-12-14-43(56)15-13-41)62(38(2)3)39(4)55(53)75(5,70)71/h7-21,32-35,38,40,45,58,65H,6,22-31,36-37H2,1-5H3,(H,68,69)/t45-/m1/s1. The number of aromatic nitrogens is 1. The zero-order chi connectivity index (χ0) is 53.6. The van der Waals surface area contributed by atoms with Crippen molar-refractivity contribution < 1.29 is 36.8 Å². The Morgan fingerprint density at radius 2 is 1.53 bits per heavy atom. The monoisotopic (exact) mass is 1100 g/mol. The molecule has 0 amide bonds. The first-order valence-electron chi connectivity index (χ1n) is 25.3. The van der Waals surface area contributed by atoms with Crippen LogP contribution in [0.3, 0.4) is 0 Å². The molecular formula is C55H66ClFN7O8PS2. The van der Waals surface area contributed by atoms with Gasteiger partial charge in [-0.2, -0.15) is 0 Å². The van der Waals surface area contributed by atoms with Crippen LogP contribution in [0.15, 0.2) is 125 Å². The second-order valence-electron chi connectivity index (χ2n) is 19.5. The third-order valence-electron chi connectivity index (χ3n) is 14.0. The molecule has 75 heavy (non-hydrogen) atoms. The summed E-state index contributed by atoms with van der Waals surface area (Å²) >= 11 is 7.94. The van der Waals surface area contributed by atoms with Gasteiger partial charge < -0.3 is 34.6 Å². The first-order chi connectivity index (χ1) is 35.8. The third-order valence-corrected chi connectivity index (χ3v) is 18.2. The number of aliphatic hydroxyl groups is 1. The second kappa shape index (κ2) is 24.3. The molecule has 400 valence electrons. The molecule has 0 radical (unpaired) electrons. The van der Waals surface area contributed by atoms with Crippen LogP contribution in [0.25, 0.3) is 22.4 Å². The largest absolute Gasteiger partial charge is 0.437 e. The van der Waals surface area contributed by atoms with Gasteiger partial charge in [-0.3, -0.25) is 14.6 Å². The number of piperazine rings is 1. The van der Waals surface area contributed by atoms with Gasteiger partial charge in [-0.15, -0.1) is 11.8 Å². The van der Waals surface area contributed by atoms with E-state index in [9.17, 15) is 33.1 Å². The third kappa shape index (κ3) is 13.2. The van der Waals surface area contributed by atoms with E-state index in [1.165, 1.54) is 24.5 Å². The summed E-state index contributed by atoms with van der Waals surface area (Å²) in [7, 11) is -8.39. The molecular weight excluding hydrogens is 1040 g/mol. The fraction of sp³-hybridized carbons (Fsp3) is 0.382. The Labute approximate surface area is 448 Å². The number of anilines is 5. The minimum absolute atomic E-state index is 0.0909. The number of nitro groups is 1. The van der Waals surface area contributed by atoms with E-state index in [1.807, 2.05) is 79.1 Å². The number of hydrogen-bond donors (Lipinski definition) is 3. The lowest BCUT2D eigenvalue weighted by atomic mass is 9.97. The molecule has 8 rings (SSSR count). The van der Waals surface area contributed by atoms with Crippen LogP contribution < -0.4 is 19.8 Å². The number of rotatable bonds is 21. The molecule has 1 unspecified atom stereocenters. The van der Waals surface area contributed by atoms with E-state index < -0.39 is 28.3 Å². The SMILES string of the molecule is CCOP(=O)(O)N(c1ccc(N2CCN(c3cc(F)cc(-c4c(S(C)(=O)=O)c(C)n(C(C)C)c4-c4ccc(Cl)cc4)c3)CC2)cc1)c1ccc(N[C@H](CCN2CCC(CO)CC2)CSc2ccccc2)c([N+](=O)[O-])c1. The van der Waals surface area contributed by atoms with Crippen LogP contribution >= 0.6 is 31.1 Å². The normalized spacial score (nSPS) is 16.0. The molecule has 3 N–H and O–H groups in total. The van der Waals surface area contributed by atoms with Crippen molar-refractivity contribution in [2.75, 3.05) is 90.8 Å². The number of nitro benzene ring substituents is 1. The number of likely N-dealkylation sites (tertiary alicyclic amines) is 1. The highest BCUT2D eigenvalue weighted by atomic mass is 35.5. The summed E-state index contributed by atoms with van der Waals surface area (Å²) < 4.78 is 65.6. The number of nitrogens with one attached hydrogen (secondary N) is 1. The van der Waals surface area contributed by atoms with Crippen LogP contribution in [0, 0.1) is 28.8 Å². The average Bonchev–Trinajstić information content (AvgIpc) is 3.74. The zero-order valence-corrected chi connectivity index (χ0v) is 46.2. The van der Waals surface area contributed by atoms with Gasteiger partial charge in [-0.1, -0.05) is 41.9 Å². The molecule has 0 saturated carbocycles. The highest BCUT2D eigenvalue weighted by molar-refractivity contribution is 7.99. The Kier molecular flexibility index (Phi) is 18.1. The van der Waals surface area contributed by atoms with E-state index in [0.717, 1.165) is 53.3 Å². The number of benzene rings is 5. The average molecular weight is 1100 g/mol. The first kappa shape index (κ1) is 55.8. The van der Waals surface area contributed by atoms with Crippen LogP contribution in [0.5, 0.6) is 0 Å². The summed E-state index contributed by atoms with van der Waals surface area (Å²) in [5, 5.41) is 26.5. The van der Waals surface area contributed by atoms with Gasteiger partial charge in [-0.25, -0.2) is 22.0 Å². The van der Waals surface area contributed by atoms with Crippen molar-refractivity contribution in [3.05, 3.63) is 142 Å². The summed E-state index contributed by atoms with van der Waals surface area (Å²) in [6.07, 6.45) is 3.74. The molecule has 2 aliphatic heterocycles. The van der Waals surface area contributed by atoms with Crippen molar-refractivity contribution in [3.63, 3.8) is 0 Å². The summed E-state index contributed by atoms with van der Waals surface area (Å²) in [6, 6.07) is 33.1. The molecule has 3 heterocycles. The molecule has 0 aliphatic carbocycles. The van der Waals surface area contributed by atoms with E-state index in [1.54, 1.807) is 62.0 Å². The first-order valence-corrected chi connectivity index (χ1v) is 30.1. The molecule has 2 aliphatic rings. The molecule has 20 heteroatoms. The van der Waals surface area contributed by atoms with Crippen molar-refractivity contribution >= 4 is 75.1 Å². The topological polar surface area (TPSA) is 174 Å². The Bertz CT molecular complexity index is 3100. The molecule has 5 aromatic carbocycles. The predicted molar refractivity (Wildman–Crippen MR) is 302 cm³/mol. The summed E-state index contributed by atoms with van der Waals surface area (Å²) in [4.78, 5) is 31.6. The van der Waals surface area contributed by atoms with Crippen molar-refractivity contribution in [3.8, 4) is 22.4 Å². The van der Waals surface area contributed by atoms with Gasteiger partial charge in [0.25, 0.3) is 5.69 Å². The van der Waals surface area contributed by atoms with E-state index in [-0.39, 0.29) is 52.9 Å². The van der Waals surface area contributed by atoms with Gasteiger partial charge in [0.1, 0.15) is 11.5 Å². The quantitative estimate of drug-likeness (QED) is 0.0269. The maximum Gasteiger partial charge on any atom is 0.437 e. The lowest BCUT2D eigenvalue weighted by Crippen LogP contribution is -2.46. The fourth-order valence-corrected chi connectivity index (χ4v) is 14.0.